The number of pyridine rings is 1. The van der Waals surface area contributed by atoms with Crippen LogP contribution < -0.4 is 0 Å². The molecule has 0 unspecified atom stereocenters. The number of nitrogens with zero attached hydrogens (tertiary/aromatic N) is 3. The van der Waals surface area contributed by atoms with Gasteiger partial charge >= 0.3 is 0 Å². The van der Waals surface area contributed by atoms with Gasteiger partial charge in [-0.3, -0.25) is 9.88 Å². The molecule has 4 nitrogen and oxygen atoms in total. The quantitative estimate of drug-likeness (QED) is 0.677. The van der Waals surface area contributed by atoms with Gasteiger partial charge in [-0.05, 0) is 43.0 Å². The van der Waals surface area contributed by atoms with Crippen LogP contribution in [0, 0.1) is 0 Å². The lowest BCUT2D eigenvalue weighted by molar-refractivity contribution is 0.182. The average Bonchev–Trinajstić information content (AvgIpc) is 3.25. The van der Waals surface area contributed by atoms with Crippen LogP contribution in [-0.2, 0) is 6.54 Å². The monoisotopic (exact) mass is 339 g/mol. The van der Waals surface area contributed by atoms with Crippen molar-refractivity contribution < 1.29 is 4.52 Å². The smallest absolute Gasteiger partial charge is 0.177 e. The van der Waals surface area contributed by atoms with Crippen LogP contribution in [0.5, 0.6) is 0 Å². The third-order valence-electron chi connectivity index (χ3n) is 4.59. The first kappa shape index (κ1) is 15.5. The molecule has 1 aliphatic heterocycles. The Bertz CT molecular complexity index is 754. The lowest BCUT2D eigenvalue weighted by atomic mass is 10.1. The third kappa shape index (κ3) is 3.42. The Kier molecular flexibility index (Phi) is 4.71. The fourth-order valence-corrected chi connectivity index (χ4v) is 4.05. The number of hydrogen-bond donors (Lipinski definition) is 0. The maximum Gasteiger partial charge on any atom is 0.177 e. The second kappa shape index (κ2) is 7.28. The minimum atomic E-state index is 0.312. The third-order valence-corrected chi connectivity index (χ3v) is 5.47. The molecule has 0 amide bonds. The molecule has 124 valence electrons. The van der Waals surface area contributed by atoms with Crippen molar-refractivity contribution in [2.45, 2.75) is 38.3 Å². The second-order valence-corrected chi connectivity index (χ2v) is 7.20. The molecule has 1 saturated heterocycles. The molecule has 3 aromatic heterocycles. The van der Waals surface area contributed by atoms with Gasteiger partial charge in [-0.2, -0.15) is 0 Å². The minimum absolute atomic E-state index is 0.312. The first-order valence-corrected chi connectivity index (χ1v) is 9.42. The first-order valence-electron chi connectivity index (χ1n) is 8.54. The van der Waals surface area contributed by atoms with Crippen LogP contribution in [0.1, 0.15) is 43.1 Å². The highest BCUT2D eigenvalue weighted by molar-refractivity contribution is 7.13. The SMILES string of the molecule is c1ccc(CN2CCCCC[C@@H]2c2cc(-c3cccs3)on2)nc1. The summed E-state index contributed by atoms with van der Waals surface area (Å²) < 4.78 is 5.62. The molecule has 24 heavy (non-hydrogen) atoms. The molecule has 0 radical (unpaired) electrons. The van der Waals surface area contributed by atoms with Crippen molar-refractivity contribution in [2.75, 3.05) is 6.54 Å². The highest BCUT2D eigenvalue weighted by atomic mass is 32.1. The van der Waals surface area contributed by atoms with Crippen LogP contribution in [0.2, 0.25) is 0 Å². The predicted octanol–water partition coefficient (Wildman–Crippen LogP) is 4.92. The van der Waals surface area contributed by atoms with Gasteiger partial charge in [0.2, 0.25) is 0 Å². The van der Waals surface area contributed by atoms with Gasteiger partial charge in [0.15, 0.2) is 5.76 Å². The van der Waals surface area contributed by atoms with Crippen molar-refractivity contribution in [1.29, 1.82) is 0 Å². The molecule has 1 fully saturated rings. The largest absolute Gasteiger partial charge is 0.355 e. The van der Waals surface area contributed by atoms with E-state index < -0.39 is 0 Å². The van der Waals surface area contributed by atoms with E-state index in [-0.39, 0.29) is 0 Å². The molecule has 0 saturated carbocycles. The van der Waals surface area contributed by atoms with Gasteiger partial charge in [-0.1, -0.05) is 30.1 Å². The molecule has 0 spiro atoms. The summed E-state index contributed by atoms with van der Waals surface area (Å²) in [6, 6.07) is 12.7. The fourth-order valence-electron chi connectivity index (χ4n) is 3.37. The predicted molar refractivity (Wildman–Crippen MR) is 95.7 cm³/mol. The van der Waals surface area contributed by atoms with Crippen LogP contribution in [0.3, 0.4) is 0 Å². The Labute approximate surface area is 146 Å². The average molecular weight is 339 g/mol. The van der Waals surface area contributed by atoms with E-state index in [1.165, 1.54) is 19.3 Å². The number of likely N-dealkylation sites (tertiary alicyclic amines) is 1. The molecule has 1 aliphatic rings. The van der Waals surface area contributed by atoms with E-state index in [1.54, 1.807) is 11.3 Å². The Morgan fingerprint density at radius 2 is 2.17 bits per heavy atom. The summed E-state index contributed by atoms with van der Waals surface area (Å²) in [4.78, 5) is 8.14. The van der Waals surface area contributed by atoms with Crippen LogP contribution in [0.25, 0.3) is 10.6 Å². The standard InChI is InChI=1S/C19H21N3OS/c1-2-8-17(16-13-18(23-21-16)19-9-6-12-24-19)22(11-5-1)14-15-7-3-4-10-20-15/h3-4,6-7,9-10,12-13,17H,1-2,5,8,11,14H2/t17-/m1/s1. The zero-order valence-electron chi connectivity index (χ0n) is 13.6. The van der Waals surface area contributed by atoms with Gasteiger partial charge in [0, 0.05) is 18.8 Å². The number of rotatable bonds is 4. The molecule has 0 bridgehead atoms. The number of hydrogen-bond acceptors (Lipinski definition) is 5. The topological polar surface area (TPSA) is 42.2 Å². The van der Waals surface area contributed by atoms with Gasteiger partial charge < -0.3 is 4.52 Å². The van der Waals surface area contributed by atoms with E-state index in [4.69, 9.17) is 4.52 Å². The molecule has 1 atom stereocenters. The summed E-state index contributed by atoms with van der Waals surface area (Å²) in [5, 5.41) is 6.46. The summed E-state index contributed by atoms with van der Waals surface area (Å²) in [6.45, 7) is 1.95. The van der Waals surface area contributed by atoms with E-state index >= 15 is 0 Å². The van der Waals surface area contributed by atoms with Gasteiger partial charge in [-0.15, -0.1) is 11.3 Å². The van der Waals surface area contributed by atoms with Crippen LogP contribution in [0.4, 0.5) is 0 Å². The Balaban J connectivity index is 1.58. The summed E-state index contributed by atoms with van der Waals surface area (Å²) in [6.07, 6.45) is 6.75. The normalized spacial score (nSPS) is 19.2. The van der Waals surface area contributed by atoms with Crippen molar-refractivity contribution in [3.63, 3.8) is 0 Å². The van der Waals surface area contributed by atoms with E-state index in [2.05, 4.69) is 44.7 Å². The van der Waals surface area contributed by atoms with E-state index in [9.17, 15) is 0 Å². The molecule has 4 heterocycles. The molecule has 3 aromatic rings. The van der Waals surface area contributed by atoms with Gasteiger partial charge in [0.25, 0.3) is 0 Å². The fraction of sp³-hybridized carbons (Fsp3) is 0.368. The molecule has 4 rings (SSSR count). The summed E-state index contributed by atoms with van der Waals surface area (Å²) >= 11 is 1.69. The Morgan fingerprint density at radius 1 is 1.17 bits per heavy atom. The summed E-state index contributed by atoms with van der Waals surface area (Å²) in [5.74, 6) is 0.877. The van der Waals surface area contributed by atoms with E-state index in [0.29, 0.717) is 6.04 Å². The van der Waals surface area contributed by atoms with Crippen molar-refractivity contribution >= 4 is 11.3 Å². The van der Waals surface area contributed by atoms with Crippen molar-refractivity contribution in [3.05, 3.63) is 59.4 Å². The van der Waals surface area contributed by atoms with Crippen LogP contribution in [0.15, 0.2) is 52.5 Å². The van der Waals surface area contributed by atoms with Crippen LogP contribution in [-0.4, -0.2) is 21.6 Å². The van der Waals surface area contributed by atoms with Crippen molar-refractivity contribution in [1.82, 2.24) is 15.0 Å². The lowest BCUT2D eigenvalue weighted by Gasteiger charge is -2.27. The highest BCUT2D eigenvalue weighted by Gasteiger charge is 2.26. The zero-order chi connectivity index (χ0) is 16.2. The first-order chi connectivity index (χ1) is 11.9. The molecule has 5 heteroatoms. The number of aromatic nitrogens is 2. The lowest BCUT2D eigenvalue weighted by Crippen LogP contribution is -2.28. The van der Waals surface area contributed by atoms with Crippen molar-refractivity contribution in [2.24, 2.45) is 0 Å². The van der Waals surface area contributed by atoms with E-state index in [1.807, 2.05) is 18.3 Å². The summed E-state index contributed by atoms with van der Waals surface area (Å²) in [5.41, 5.74) is 2.17. The molecular weight excluding hydrogens is 318 g/mol. The molecule has 0 aromatic carbocycles. The second-order valence-electron chi connectivity index (χ2n) is 6.25. The molecule has 0 N–H and O–H groups in total. The van der Waals surface area contributed by atoms with Crippen LogP contribution >= 0.6 is 11.3 Å². The Morgan fingerprint density at radius 3 is 3.00 bits per heavy atom. The van der Waals surface area contributed by atoms with Crippen molar-refractivity contribution in [3.8, 4) is 10.6 Å². The zero-order valence-corrected chi connectivity index (χ0v) is 14.4. The van der Waals surface area contributed by atoms with Gasteiger partial charge in [-0.25, -0.2) is 0 Å². The number of thiophene rings is 1. The maximum absolute atomic E-state index is 5.62. The molecular formula is C19H21N3OS. The summed E-state index contributed by atoms with van der Waals surface area (Å²) in [7, 11) is 0. The Hall–Kier alpha value is -1.98. The highest BCUT2D eigenvalue weighted by Crippen LogP contribution is 2.33. The van der Waals surface area contributed by atoms with Gasteiger partial charge in [0.1, 0.15) is 5.69 Å². The minimum Gasteiger partial charge on any atom is -0.355 e. The van der Waals surface area contributed by atoms with E-state index in [0.717, 1.165) is 41.5 Å². The van der Waals surface area contributed by atoms with Gasteiger partial charge in [0.05, 0.1) is 16.6 Å². The maximum atomic E-state index is 5.62. The molecule has 0 aliphatic carbocycles.